The van der Waals surface area contributed by atoms with Gasteiger partial charge in [0.05, 0.1) is 22.3 Å². The molecule has 0 spiro atoms. The van der Waals surface area contributed by atoms with Crippen molar-refractivity contribution in [2.75, 3.05) is 6.54 Å². The van der Waals surface area contributed by atoms with Crippen LogP contribution in [0.15, 0.2) is 30.3 Å². The topological polar surface area (TPSA) is 50.9 Å². The van der Waals surface area contributed by atoms with E-state index in [0.717, 1.165) is 36.0 Å². The van der Waals surface area contributed by atoms with Crippen LogP contribution < -0.4 is 11.1 Å². The monoisotopic (exact) mass is 261 g/mol. The number of hydrogen-bond acceptors (Lipinski definition) is 3. The second-order valence-corrected chi connectivity index (χ2v) is 5.25. The largest absolute Gasteiger partial charge is 0.328 e. The first kappa shape index (κ1) is 11.9. The zero-order valence-electron chi connectivity index (χ0n) is 10.1. The first-order chi connectivity index (χ1) is 8.74. The molecular weight excluding hydrogens is 246 g/mol. The molecule has 1 fully saturated rings. The second kappa shape index (κ2) is 4.84. The Hall–Kier alpha value is -1.16. The van der Waals surface area contributed by atoms with E-state index < -0.39 is 0 Å². The molecule has 0 saturated carbocycles. The number of aromatic nitrogens is 1. The van der Waals surface area contributed by atoms with Gasteiger partial charge < -0.3 is 11.1 Å². The van der Waals surface area contributed by atoms with Crippen molar-refractivity contribution >= 4 is 22.5 Å². The summed E-state index contributed by atoms with van der Waals surface area (Å²) in [5.74, 6) is 0. The first-order valence-corrected chi connectivity index (χ1v) is 6.66. The molecule has 0 aliphatic carbocycles. The first-order valence-electron chi connectivity index (χ1n) is 6.28. The highest BCUT2D eigenvalue weighted by Crippen LogP contribution is 2.26. The standard InChI is InChI=1S/C14H16ClN3/c15-11-3-1-2-9-4-5-12(18-14(9)11)13-8-10(16)6-7-17-13/h1-5,10,13,17H,6-8,16H2. The highest BCUT2D eigenvalue weighted by Gasteiger charge is 2.21. The Kier molecular flexibility index (Phi) is 3.20. The molecule has 3 N–H and O–H groups in total. The van der Waals surface area contributed by atoms with Crippen molar-refractivity contribution in [1.82, 2.24) is 10.3 Å². The molecule has 1 aromatic heterocycles. The molecule has 3 rings (SSSR count). The summed E-state index contributed by atoms with van der Waals surface area (Å²) in [5.41, 5.74) is 7.92. The average Bonchev–Trinajstić information content (AvgIpc) is 2.39. The molecule has 2 aromatic rings. The average molecular weight is 262 g/mol. The molecule has 94 valence electrons. The van der Waals surface area contributed by atoms with Gasteiger partial charge in [-0.2, -0.15) is 0 Å². The number of para-hydroxylation sites is 1. The predicted molar refractivity (Wildman–Crippen MR) is 74.7 cm³/mol. The van der Waals surface area contributed by atoms with Crippen LogP contribution in [0.2, 0.25) is 5.02 Å². The number of halogens is 1. The zero-order valence-corrected chi connectivity index (χ0v) is 10.8. The summed E-state index contributed by atoms with van der Waals surface area (Å²) < 4.78 is 0. The van der Waals surface area contributed by atoms with Crippen LogP contribution in [0.25, 0.3) is 10.9 Å². The van der Waals surface area contributed by atoms with E-state index in [4.69, 9.17) is 17.3 Å². The summed E-state index contributed by atoms with van der Waals surface area (Å²) in [7, 11) is 0. The fourth-order valence-electron chi connectivity index (χ4n) is 2.49. The lowest BCUT2D eigenvalue weighted by Gasteiger charge is -2.27. The van der Waals surface area contributed by atoms with Gasteiger partial charge in [-0.15, -0.1) is 0 Å². The lowest BCUT2D eigenvalue weighted by atomic mass is 9.97. The van der Waals surface area contributed by atoms with Gasteiger partial charge in [-0.3, -0.25) is 0 Å². The summed E-state index contributed by atoms with van der Waals surface area (Å²) in [6, 6.07) is 10.5. The highest BCUT2D eigenvalue weighted by atomic mass is 35.5. The summed E-state index contributed by atoms with van der Waals surface area (Å²) in [4.78, 5) is 4.68. The highest BCUT2D eigenvalue weighted by molar-refractivity contribution is 6.35. The van der Waals surface area contributed by atoms with E-state index >= 15 is 0 Å². The molecule has 0 radical (unpaired) electrons. The minimum absolute atomic E-state index is 0.245. The van der Waals surface area contributed by atoms with Gasteiger partial charge in [0.1, 0.15) is 0 Å². The Balaban J connectivity index is 1.99. The normalized spacial score (nSPS) is 24.3. The van der Waals surface area contributed by atoms with Crippen LogP contribution in [0.1, 0.15) is 24.6 Å². The third-order valence-corrected chi connectivity index (χ3v) is 3.80. The third-order valence-electron chi connectivity index (χ3n) is 3.49. The van der Waals surface area contributed by atoms with Crippen LogP contribution in [-0.4, -0.2) is 17.6 Å². The van der Waals surface area contributed by atoms with Crippen molar-refractivity contribution in [2.24, 2.45) is 5.73 Å². The number of nitrogens with one attached hydrogen (secondary N) is 1. The molecule has 2 unspecified atom stereocenters. The van der Waals surface area contributed by atoms with Gasteiger partial charge in [0.15, 0.2) is 0 Å². The van der Waals surface area contributed by atoms with Crippen LogP contribution in [0, 0.1) is 0 Å². The molecule has 1 aliphatic rings. The maximum atomic E-state index is 6.19. The fraction of sp³-hybridized carbons (Fsp3) is 0.357. The van der Waals surface area contributed by atoms with E-state index in [1.165, 1.54) is 0 Å². The summed E-state index contributed by atoms with van der Waals surface area (Å²) in [5, 5.41) is 5.24. The summed E-state index contributed by atoms with van der Waals surface area (Å²) in [6.07, 6.45) is 1.97. The van der Waals surface area contributed by atoms with Gasteiger partial charge >= 0.3 is 0 Å². The lowest BCUT2D eigenvalue weighted by molar-refractivity contribution is 0.364. The van der Waals surface area contributed by atoms with Gasteiger partial charge in [0.2, 0.25) is 0 Å². The Morgan fingerprint density at radius 3 is 3.00 bits per heavy atom. The number of piperidine rings is 1. The molecule has 3 nitrogen and oxygen atoms in total. The Bertz CT molecular complexity index is 570. The van der Waals surface area contributed by atoms with Crippen molar-refractivity contribution < 1.29 is 0 Å². The summed E-state index contributed by atoms with van der Waals surface area (Å²) in [6.45, 7) is 0.952. The van der Waals surface area contributed by atoms with Crippen LogP contribution >= 0.6 is 11.6 Å². The van der Waals surface area contributed by atoms with Gasteiger partial charge in [-0.25, -0.2) is 4.98 Å². The number of hydrogen-bond donors (Lipinski definition) is 2. The Morgan fingerprint density at radius 2 is 2.17 bits per heavy atom. The number of rotatable bonds is 1. The van der Waals surface area contributed by atoms with Crippen molar-refractivity contribution in [3.05, 3.63) is 41.0 Å². The Labute approximate surface area is 111 Å². The molecule has 0 bridgehead atoms. The SMILES string of the molecule is NC1CCNC(c2ccc3cccc(Cl)c3n2)C1. The smallest absolute Gasteiger partial charge is 0.0892 e. The number of nitrogens with zero attached hydrogens (tertiary/aromatic N) is 1. The van der Waals surface area contributed by atoms with E-state index in [0.29, 0.717) is 5.02 Å². The minimum Gasteiger partial charge on any atom is -0.328 e. The Morgan fingerprint density at radius 1 is 1.28 bits per heavy atom. The molecule has 0 amide bonds. The van der Waals surface area contributed by atoms with E-state index in [2.05, 4.69) is 22.4 Å². The maximum absolute atomic E-state index is 6.19. The summed E-state index contributed by atoms with van der Waals surface area (Å²) >= 11 is 6.19. The number of benzene rings is 1. The molecule has 1 aromatic carbocycles. The molecule has 1 aliphatic heterocycles. The van der Waals surface area contributed by atoms with Crippen molar-refractivity contribution in [2.45, 2.75) is 24.9 Å². The van der Waals surface area contributed by atoms with Gasteiger partial charge in [-0.1, -0.05) is 29.8 Å². The molecule has 2 heterocycles. The molecular formula is C14H16ClN3. The van der Waals surface area contributed by atoms with Crippen molar-refractivity contribution in [1.29, 1.82) is 0 Å². The number of fused-ring (bicyclic) bond motifs is 1. The second-order valence-electron chi connectivity index (χ2n) is 4.84. The number of nitrogens with two attached hydrogens (primary N) is 1. The van der Waals surface area contributed by atoms with E-state index in [1.54, 1.807) is 0 Å². The molecule has 4 heteroatoms. The zero-order chi connectivity index (χ0) is 12.5. The van der Waals surface area contributed by atoms with Crippen molar-refractivity contribution in [3.63, 3.8) is 0 Å². The van der Waals surface area contributed by atoms with Gasteiger partial charge in [0, 0.05) is 11.4 Å². The molecule has 2 atom stereocenters. The van der Waals surface area contributed by atoms with Crippen LogP contribution in [-0.2, 0) is 0 Å². The van der Waals surface area contributed by atoms with Gasteiger partial charge in [-0.05, 0) is 31.5 Å². The van der Waals surface area contributed by atoms with E-state index in [1.807, 2.05) is 18.2 Å². The van der Waals surface area contributed by atoms with E-state index in [-0.39, 0.29) is 12.1 Å². The predicted octanol–water partition coefficient (Wildman–Crippen LogP) is 2.64. The molecule has 1 saturated heterocycles. The van der Waals surface area contributed by atoms with Crippen molar-refractivity contribution in [3.8, 4) is 0 Å². The van der Waals surface area contributed by atoms with Crippen LogP contribution in [0.3, 0.4) is 0 Å². The molecule has 18 heavy (non-hydrogen) atoms. The van der Waals surface area contributed by atoms with Gasteiger partial charge in [0.25, 0.3) is 0 Å². The fourth-order valence-corrected chi connectivity index (χ4v) is 2.72. The quantitative estimate of drug-likeness (QED) is 0.830. The maximum Gasteiger partial charge on any atom is 0.0892 e. The number of pyridine rings is 1. The third kappa shape index (κ3) is 2.21. The van der Waals surface area contributed by atoms with Crippen LogP contribution in [0.5, 0.6) is 0 Å². The van der Waals surface area contributed by atoms with E-state index in [9.17, 15) is 0 Å². The minimum atomic E-state index is 0.245. The lowest BCUT2D eigenvalue weighted by Crippen LogP contribution is -2.38. The van der Waals surface area contributed by atoms with Crippen LogP contribution in [0.4, 0.5) is 0 Å².